The molecule has 3 aromatic carbocycles. The maximum Gasteiger partial charge on any atom is 0.170 e. The van der Waals surface area contributed by atoms with E-state index in [1.807, 2.05) is 53.1 Å². The van der Waals surface area contributed by atoms with Gasteiger partial charge in [-0.1, -0.05) is 35.0 Å². The Morgan fingerprint density at radius 2 is 1.96 bits per heavy atom. The molecule has 0 saturated heterocycles. The number of halogens is 1. The average molecular weight is 393 g/mol. The van der Waals surface area contributed by atoms with Crippen LogP contribution in [0.25, 0.3) is 27.8 Å². The van der Waals surface area contributed by atoms with Crippen LogP contribution < -0.4 is 10.5 Å². The van der Waals surface area contributed by atoms with Gasteiger partial charge in [-0.2, -0.15) is 0 Å². The van der Waals surface area contributed by atoms with Gasteiger partial charge in [0.05, 0.1) is 23.2 Å². The van der Waals surface area contributed by atoms with Gasteiger partial charge in [-0.25, -0.2) is 4.98 Å². The van der Waals surface area contributed by atoms with Crippen molar-refractivity contribution in [1.82, 2.24) is 9.55 Å². The van der Waals surface area contributed by atoms with Crippen LogP contribution in [-0.2, 0) is 0 Å². The van der Waals surface area contributed by atoms with E-state index >= 15 is 0 Å². The molecule has 0 fully saturated rings. The van der Waals surface area contributed by atoms with Crippen LogP contribution in [0, 0.1) is 0 Å². The number of amidine groups is 1. The number of hydrogen-bond donors (Lipinski definition) is 2. The summed E-state index contributed by atoms with van der Waals surface area (Å²) in [6.07, 6.45) is 1.74. The molecule has 0 aliphatic rings. The molecule has 28 heavy (non-hydrogen) atoms. The molecule has 0 aliphatic carbocycles. The molecule has 140 valence electrons. The molecule has 0 atom stereocenters. The van der Waals surface area contributed by atoms with Gasteiger partial charge in [-0.15, -0.1) is 0 Å². The smallest absolute Gasteiger partial charge is 0.170 e. The van der Waals surface area contributed by atoms with Gasteiger partial charge in [0, 0.05) is 16.8 Å². The summed E-state index contributed by atoms with van der Waals surface area (Å²) in [5, 5.41) is 12.5. The van der Waals surface area contributed by atoms with Crippen molar-refractivity contribution in [2.24, 2.45) is 10.9 Å². The summed E-state index contributed by atoms with van der Waals surface area (Å²) in [5.74, 6) is 0.757. The lowest BCUT2D eigenvalue weighted by Gasteiger charge is -2.12. The molecule has 0 saturated carbocycles. The number of aromatic nitrogens is 2. The third kappa shape index (κ3) is 3.04. The van der Waals surface area contributed by atoms with Crippen molar-refractivity contribution in [3.05, 3.63) is 77.6 Å². The van der Waals surface area contributed by atoms with E-state index < -0.39 is 0 Å². The zero-order chi connectivity index (χ0) is 19.7. The monoisotopic (exact) mass is 392 g/mol. The van der Waals surface area contributed by atoms with E-state index in [1.54, 1.807) is 25.6 Å². The fourth-order valence-electron chi connectivity index (χ4n) is 3.20. The Morgan fingerprint density at radius 1 is 1.14 bits per heavy atom. The van der Waals surface area contributed by atoms with Crippen molar-refractivity contribution in [3.8, 4) is 22.6 Å². The second-order valence-electron chi connectivity index (χ2n) is 6.17. The number of methoxy groups -OCH3 is 1. The van der Waals surface area contributed by atoms with Crippen LogP contribution in [0.15, 0.2) is 72.1 Å². The maximum absolute atomic E-state index is 8.86. The molecule has 0 radical (unpaired) electrons. The van der Waals surface area contributed by atoms with Gasteiger partial charge in [0.25, 0.3) is 0 Å². The van der Waals surface area contributed by atoms with E-state index in [0.717, 1.165) is 27.8 Å². The predicted octanol–water partition coefficient (Wildman–Crippen LogP) is 4.45. The molecular formula is C21H17ClN4O2. The van der Waals surface area contributed by atoms with Gasteiger partial charge in [0.1, 0.15) is 12.1 Å². The van der Waals surface area contributed by atoms with Crippen LogP contribution in [0.3, 0.4) is 0 Å². The minimum absolute atomic E-state index is 0.0456. The largest absolute Gasteiger partial charge is 0.496 e. The molecule has 1 aromatic heterocycles. The summed E-state index contributed by atoms with van der Waals surface area (Å²) < 4.78 is 7.45. The number of benzene rings is 3. The Bertz CT molecular complexity index is 1200. The third-order valence-corrected chi connectivity index (χ3v) is 4.87. The number of ether oxygens (including phenoxy) is 1. The number of rotatable bonds is 4. The highest BCUT2D eigenvalue weighted by atomic mass is 35.5. The molecule has 3 N–H and O–H groups in total. The topological polar surface area (TPSA) is 85.7 Å². The fourth-order valence-corrected chi connectivity index (χ4v) is 3.48. The van der Waals surface area contributed by atoms with E-state index in [0.29, 0.717) is 16.3 Å². The fraction of sp³-hybridized carbons (Fsp3) is 0.0476. The van der Waals surface area contributed by atoms with Gasteiger partial charge in [-0.05, 0) is 48.0 Å². The predicted molar refractivity (Wildman–Crippen MR) is 111 cm³/mol. The van der Waals surface area contributed by atoms with Gasteiger partial charge >= 0.3 is 0 Å². The first-order valence-corrected chi connectivity index (χ1v) is 8.88. The molecule has 0 aliphatic heterocycles. The van der Waals surface area contributed by atoms with Crippen molar-refractivity contribution < 1.29 is 9.94 Å². The summed E-state index contributed by atoms with van der Waals surface area (Å²) >= 11 is 6.43. The highest BCUT2D eigenvalue weighted by Crippen LogP contribution is 2.37. The normalized spacial score (nSPS) is 11.7. The highest BCUT2D eigenvalue weighted by Gasteiger charge is 2.12. The van der Waals surface area contributed by atoms with Crippen molar-refractivity contribution >= 4 is 28.5 Å². The van der Waals surface area contributed by atoms with E-state index in [-0.39, 0.29) is 5.84 Å². The summed E-state index contributed by atoms with van der Waals surface area (Å²) in [6, 6.07) is 19.0. The molecule has 0 unspecified atom stereocenters. The second kappa shape index (κ2) is 7.25. The van der Waals surface area contributed by atoms with Gasteiger partial charge in [0.15, 0.2) is 5.84 Å². The standard InChI is InChI=1S/C21H17ClN4O2/c1-28-19-7-3-6-16(22)20(19)13-4-2-5-15(10-13)26-12-24-17-11-14(21(23)25-27)8-9-18(17)26/h2-12,27H,1H3,(H2,23,25). The molecule has 0 spiro atoms. The Hall–Kier alpha value is -3.51. The van der Waals surface area contributed by atoms with Gasteiger partial charge in [-0.3, -0.25) is 4.57 Å². The Labute approximate surface area is 166 Å². The summed E-state index contributed by atoms with van der Waals surface area (Å²) in [7, 11) is 1.63. The van der Waals surface area contributed by atoms with Crippen LogP contribution in [0.4, 0.5) is 0 Å². The first-order chi connectivity index (χ1) is 13.6. The lowest BCUT2D eigenvalue weighted by atomic mass is 10.0. The van der Waals surface area contributed by atoms with Crippen molar-refractivity contribution in [3.63, 3.8) is 0 Å². The van der Waals surface area contributed by atoms with Crippen LogP contribution >= 0.6 is 11.6 Å². The van der Waals surface area contributed by atoms with Crippen LogP contribution in [0.1, 0.15) is 5.56 Å². The minimum Gasteiger partial charge on any atom is -0.496 e. The Morgan fingerprint density at radius 3 is 2.75 bits per heavy atom. The van der Waals surface area contributed by atoms with Gasteiger partial charge < -0.3 is 15.7 Å². The van der Waals surface area contributed by atoms with Crippen molar-refractivity contribution in [2.45, 2.75) is 0 Å². The Kier molecular flexibility index (Phi) is 4.63. The zero-order valence-corrected chi connectivity index (χ0v) is 15.8. The lowest BCUT2D eigenvalue weighted by Crippen LogP contribution is -2.12. The number of nitrogens with two attached hydrogens (primary N) is 1. The Balaban J connectivity index is 1.83. The summed E-state index contributed by atoms with van der Waals surface area (Å²) in [4.78, 5) is 4.45. The average Bonchev–Trinajstić information content (AvgIpc) is 3.16. The van der Waals surface area contributed by atoms with E-state index in [4.69, 9.17) is 27.3 Å². The van der Waals surface area contributed by atoms with Crippen LogP contribution in [0.2, 0.25) is 5.02 Å². The van der Waals surface area contributed by atoms with Gasteiger partial charge in [0.2, 0.25) is 0 Å². The molecule has 6 nitrogen and oxygen atoms in total. The molecule has 4 rings (SSSR count). The van der Waals surface area contributed by atoms with Crippen molar-refractivity contribution in [1.29, 1.82) is 0 Å². The second-order valence-corrected chi connectivity index (χ2v) is 6.58. The molecule has 4 aromatic rings. The molecular weight excluding hydrogens is 376 g/mol. The number of imidazole rings is 1. The third-order valence-electron chi connectivity index (χ3n) is 4.56. The highest BCUT2D eigenvalue weighted by molar-refractivity contribution is 6.33. The van der Waals surface area contributed by atoms with Crippen LogP contribution in [-0.4, -0.2) is 27.7 Å². The quantitative estimate of drug-likeness (QED) is 0.232. The van der Waals surface area contributed by atoms with Crippen LogP contribution in [0.5, 0.6) is 5.75 Å². The first-order valence-electron chi connectivity index (χ1n) is 8.50. The van der Waals surface area contributed by atoms with E-state index in [2.05, 4.69) is 10.1 Å². The van der Waals surface area contributed by atoms with Crippen molar-refractivity contribution in [2.75, 3.05) is 7.11 Å². The number of nitrogens with zero attached hydrogens (tertiary/aromatic N) is 3. The molecule has 1 heterocycles. The molecule has 7 heteroatoms. The maximum atomic E-state index is 8.86. The molecule has 0 bridgehead atoms. The molecule has 0 amide bonds. The van der Waals surface area contributed by atoms with E-state index in [9.17, 15) is 0 Å². The SMILES string of the molecule is COc1cccc(Cl)c1-c1cccc(-n2cnc3cc(C(N)=NO)ccc32)c1. The zero-order valence-electron chi connectivity index (χ0n) is 15.0. The first kappa shape index (κ1) is 17.9. The summed E-state index contributed by atoms with van der Waals surface area (Å²) in [6.45, 7) is 0. The summed E-state index contributed by atoms with van der Waals surface area (Å²) in [5.41, 5.74) is 10.6. The minimum atomic E-state index is 0.0456. The van der Waals surface area contributed by atoms with E-state index in [1.165, 1.54) is 0 Å². The number of fused-ring (bicyclic) bond motifs is 1. The lowest BCUT2D eigenvalue weighted by molar-refractivity contribution is 0.318. The number of hydrogen-bond acceptors (Lipinski definition) is 4. The number of oxime groups is 1.